The lowest BCUT2D eigenvalue weighted by atomic mass is 9.79. The molecule has 1 N–H and O–H groups in total. The van der Waals surface area contributed by atoms with Crippen molar-refractivity contribution in [2.24, 2.45) is 5.41 Å². The second kappa shape index (κ2) is 3.21. The molecule has 1 rings (SSSR count). The molecule has 0 aromatic carbocycles. The molecule has 1 heterocycles. The number of esters is 1. The Morgan fingerprint density at radius 1 is 1.54 bits per heavy atom. The Morgan fingerprint density at radius 3 is 2.62 bits per heavy atom. The number of hydrogen-bond acceptors (Lipinski definition) is 3. The summed E-state index contributed by atoms with van der Waals surface area (Å²) in [7, 11) is 1.12. The van der Waals surface area contributed by atoms with E-state index in [2.05, 4.69) is 10.1 Å². The first-order valence-electron chi connectivity index (χ1n) is 4.11. The van der Waals surface area contributed by atoms with Gasteiger partial charge in [0.2, 0.25) is 0 Å². The molecule has 0 bridgehead atoms. The van der Waals surface area contributed by atoms with Gasteiger partial charge in [0, 0.05) is 19.5 Å². The topological polar surface area (TPSA) is 38.3 Å². The zero-order chi connectivity index (χ0) is 10.1. The lowest BCUT2D eigenvalue weighted by molar-refractivity contribution is -0.185. The number of piperidine rings is 1. The molecule has 3 nitrogen and oxygen atoms in total. The first-order valence-corrected chi connectivity index (χ1v) is 4.11. The number of nitrogens with one attached hydrogen (secondary N) is 1. The van der Waals surface area contributed by atoms with E-state index in [1.54, 1.807) is 0 Å². The third-order valence-corrected chi connectivity index (χ3v) is 2.54. The fourth-order valence-electron chi connectivity index (χ4n) is 1.44. The molecule has 1 saturated heterocycles. The second-order valence-corrected chi connectivity index (χ2v) is 3.45. The molecule has 0 spiro atoms. The lowest BCUT2D eigenvalue weighted by Crippen LogP contribution is -2.57. The van der Waals surface area contributed by atoms with E-state index in [0.717, 1.165) is 7.11 Å². The van der Waals surface area contributed by atoms with E-state index in [1.165, 1.54) is 6.92 Å². The fraction of sp³-hybridized carbons (Fsp3) is 0.875. The quantitative estimate of drug-likeness (QED) is 0.626. The van der Waals surface area contributed by atoms with Crippen LogP contribution in [0.15, 0.2) is 0 Å². The highest BCUT2D eigenvalue weighted by Crippen LogP contribution is 2.41. The van der Waals surface area contributed by atoms with Gasteiger partial charge < -0.3 is 10.1 Å². The van der Waals surface area contributed by atoms with Gasteiger partial charge in [-0.2, -0.15) is 0 Å². The van der Waals surface area contributed by atoms with Crippen molar-refractivity contribution in [3.8, 4) is 0 Å². The number of carbonyl (C=O) groups is 1. The summed E-state index contributed by atoms with van der Waals surface area (Å²) < 4.78 is 31.1. The molecule has 0 radical (unpaired) electrons. The zero-order valence-electron chi connectivity index (χ0n) is 7.69. The SMILES string of the molecule is COC(=O)[C@]1(C)CNCCC1(F)F. The summed E-state index contributed by atoms with van der Waals surface area (Å²) in [6, 6.07) is 0. The standard InChI is InChI=1S/C8H13F2NO2/c1-7(6(12)13-2)5-11-4-3-8(7,9)10/h11H,3-5H2,1-2H3/t7-/m0/s1. The maximum absolute atomic E-state index is 13.3. The third-order valence-electron chi connectivity index (χ3n) is 2.54. The van der Waals surface area contributed by atoms with Crippen LogP contribution >= 0.6 is 0 Å². The van der Waals surface area contributed by atoms with Crippen molar-refractivity contribution in [1.29, 1.82) is 0 Å². The number of alkyl halides is 2. The molecule has 5 heteroatoms. The minimum atomic E-state index is -2.98. The van der Waals surface area contributed by atoms with Crippen LogP contribution < -0.4 is 5.32 Å². The Hall–Kier alpha value is -0.710. The predicted molar refractivity (Wildman–Crippen MR) is 42.6 cm³/mol. The van der Waals surface area contributed by atoms with Crippen LogP contribution in [0.1, 0.15) is 13.3 Å². The summed E-state index contributed by atoms with van der Waals surface area (Å²) in [5.41, 5.74) is -1.72. The van der Waals surface area contributed by atoms with Gasteiger partial charge in [-0.25, -0.2) is 8.78 Å². The van der Waals surface area contributed by atoms with Crippen LogP contribution in [0.2, 0.25) is 0 Å². The highest BCUT2D eigenvalue weighted by atomic mass is 19.3. The summed E-state index contributed by atoms with van der Waals surface area (Å²) in [6.07, 6.45) is -0.321. The molecule has 1 fully saturated rings. The summed E-state index contributed by atoms with van der Waals surface area (Å²) in [6.45, 7) is 1.43. The highest BCUT2D eigenvalue weighted by molar-refractivity contribution is 5.78. The van der Waals surface area contributed by atoms with Crippen molar-refractivity contribution in [3.05, 3.63) is 0 Å². The Morgan fingerprint density at radius 2 is 2.15 bits per heavy atom. The number of ether oxygens (including phenoxy) is 1. The second-order valence-electron chi connectivity index (χ2n) is 3.45. The van der Waals surface area contributed by atoms with Crippen LogP contribution in [0, 0.1) is 5.41 Å². The Kier molecular flexibility index (Phi) is 2.56. The summed E-state index contributed by atoms with van der Waals surface area (Å²) >= 11 is 0. The molecule has 0 aromatic heterocycles. The number of hydrogen-bond donors (Lipinski definition) is 1. The summed E-state index contributed by atoms with van der Waals surface area (Å²) in [5, 5.41) is 2.77. The highest BCUT2D eigenvalue weighted by Gasteiger charge is 2.57. The minimum Gasteiger partial charge on any atom is -0.468 e. The van der Waals surface area contributed by atoms with E-state index >= 15 is 0 Å². The minimum absolute atomic E-state index is 0.0350. The van der Waals surface area contributed by atoms with E-state index in [0.29, 0.717) is 0 Å². The molecule has 0 saturated carbocycles. The van der Waals surface area contributed by atoms with Crippen LogP contribution in [-0.4, -0.2) is 32.1 Å². The van der Waals surface area contributed by atoms with Crippen LogP contribution in [0.4, 0.5) is 8.78 Å². The molecule has 1 aliphatic rings. The number of methoxy groups -OCH3 is 1. The average molecular weight is 193 g/mol. The smallest absolute Gasteiger partial charge is 0.318 e. The van der Waals surface area contributed by atoms with E-state index in [-0.39, 0.29) is 19.5 Å². The molecule has 13 heavy (non-hydrogen) atoms. The molecule has 1 aliphatic heterocycles. The van der Waals surface area contributed by atoms with Gasteiger partial charge >= 0.3 is 5.97 Å². The molecule has 0 aliphatic carbocycles. The van der Waals surface area contributed by atoms with E-state index in [1.807, 2.05) is 0 Å². The molecular weight excluding hydrogens is 180 g/mol. The van der Waals surface area contributed by atoms with Gasteiger partial charge in [0.15, 0.2) is 0 Å². The molecule has 0 aromatic rings. The Balaban J connectivity index is 2.90. The van der Waals surface area contributed by atoms with Crippen molar-refractivity contribution < 1.29 is 18.3 Å². The van der Waals surface area contributed by atoms with Crippen molar-refractivity contribution in [3.63, 3.8) is 0 Å². The van der Waals surface area contributed by atoms with E-state index in [9.17, 15) is 13.6 Å². The van der Waals surface area contributed by atoms with Crippen LogP contribution in [0.5, 0.6) is 0 Å². The third kappa shape index (κ3) is 1.52. The van der Waals surface area contributed by atoms with Crippen molar-refractivity contribution in [2.45, 2.75) is 19.3 Å². The van der Waals surface area contributed by atoms with Crippen molar-refractivity contribution in [2.75, 3.05) is 20.2 Å². The molecule has 0 amide bonds. The largest absolute Gasteiger partial charge is 0.468 e. The van der Waals surface area contributed by atoms with Crippen LogP contribution in [0.25, 0.3) is 0 Å². The van der Waals surface area contributed by atoms with Gasteiger partial charge in [-0.1, -0.05) is 0 Å². The van der Waals surface area contributed by atoms with Gasteiger partial charge in [-0.3, -0.25) is 4.79 Å². The normalized spacial score (nSPS) is 32.6. The first kappa shape index (κ1) is 10.4. The van der Waals surface area contributed by atoms with Gasteiger partial charge in [-0.15, -0.1) is 0 Å². The molecule has 76 valence electrons. The average Bonchev–Trinajstić information content (AvgIpc) is 2.08. The zero-order valence-corrected chi connectivity index (χ0v) is 7.69. The molecular formula is C8H13F2NO2. The number of rotatable bonds is 1. The predicted octanol–water partition coefficient (Wildman–Crippen LogP) is 0.794. The van der Waals surface area contributed by atoms with Gasteiger partial charge in [-0.05, 0) is 6.92 Å². The number of carbonyl (C=O) groups excluding carboxylic acids is 1. The number of halogens is 2. The van der Waals surface area contributed by atoms with Gasteiger partial charge in [0.1, 0.15) is 5.41 Å². The van der Waals surface area contributed by atoms with Gasteiger partial charge in [0.25, 0.3) is 5.92 Å². The van der Waals surface area contributed by atoms with Crippen LogP contribution in [-0.2, 0) is 9.53 Å². The maximum Gasteiger partial charge on any atom is 0.318 e. The molecule has 1 atom stereocenters. The fourth-order valence-corrected chi connectivity index (χ4v) is 1.44. The van der Waals surface area contributed by atoms with Crippen molar-refractivity contribution >= 4 is 5.97 Å². The van der Waals surface area contributed by atoms with Crippen LogP contribution in [0.3, 0.4) is 0 Å². The van der Waals surface area contributed by atoms with E-state index < -0.39 is 17.3 Å². The summed E-state index contributed by atoms with van der Waals surface area (Å²) in [5.74, 6) is -3.84. The monoisotopic (exact) mass is 193 g/mol. The lowest BCUT2D eigenvalue weighted by Gasteiger charge is -2.38. The van der Waals surface area contributed by atoms with E-state index in [4.69, 9.17) is 0 Å². The summed E-state index contributed by atoms with van der Waals surface area (Å²) in [4.78, 5) is 11.2. The van der Waals surface area contributed by atoms with Crippen molar-refractivity contribution in [1.82, 2.24) is 5.32 Å². The first-order chi connectivity index (χ1) is 5.94. The maximum atomic E-state index is 13.3. The Bertz CT molecular complexity index is 220. The molecule has 0 unspecified atom stereocenters. The van der Waals surface area contributed by atoms with Gasteiger partial charge in [0.05, 0.1) is 7.11 Å². The Labute approximate surface area is 75.4 Å².